The predicted octanol–water partition coefficient (Wildman–Crippen LogP) is 3.70. The summed E-state index contributed by atoms with van der Waals surface area (Å²) in [4.78, 5) is 4.40. The van der Waals surface area contributed by atoms with Crippen molar-refractivity contribution >= 4 is 11.3 Å². The molecule has 0 radical (unpaired) electrons. The Hall–Kier alpha value is -1.46. The molecule has 5 heteroatoms. The van der Waals surface area contributed by atoms with Crippen LogP contribution in [0.4, 0.5) is 4.39 Å². The van der Waals surface area contributed by atoms with Crippen LogP contribution in [-0.4, -0.2) is 11.0 Å². The van der Waals surface area contributed by atoms with Crippen LogP contribution < -0.4 is 10.5 Å². The van der Waals surface area contributed by atoms with Gasteiger partial charge in [-0.05, 0) is 37.0 Å². The van der Waals surface area contributed by atoms with E-state index in [0.29, 0.717) is 13.0 Å². The maximum absolute atomic E-state index is 14.0. The lowest BCUT2D eigenvalue weighted by atomic mass is 10.0. The Morgan fingerprint density at radius 3 is 2.81 bits per heavy atom. The molecule has 0 aliphatic heterocycles. The van der Waals surface area contributed by atoms with Gasteiger partial charge in [-0.15, -0.1) is 11.3 Å². The number of thiazole rings is 1. The fourth-order valence-electron chi connectivity index (χ4n) is 1.96. The second kappa shape index (κ2) is 7.52. The molecule has 3 nitrogen and oxygen atoms in total. The van der Waals surface area contributed by atoms with Crippen LogP contribution in [-0.2, 0) is 19.4 Å². The zero-order chi connectivity index (χ0) is 15.2. The number of nitrogens with two attached hydrogens (primary N) is 1. The summed E-state index contributed by atoms with van der Waals surface area (Å²) < 4.78 is 19.5. The third-order valence-electron chi connectivity index (χ3n) is 3.30. The zero-order valence-electron chi connectivity index (χ0n) is 12.4. The van der Waals surface area contributed by atoms with Crippen LogP contribution in [0, 0.1) is 5.82 Å². The highest BCUT2D eigenvalue weighted by Gasteiger charge is 2.08. The summed E-state index contributed by atoms with van der Waals surface area (Å²) in [5, 5.41) is 3.02. The Morgan fingerprint density at radius 1 is 1.38 bits per heavy atom. The number of hydrogen-bond acceptors (Lipinski definition) is 4. The molecule has 0 fully saturated rings. The van der Waals surface area contributed by atoms with Gasteiger partial charge in [0.1, 0.15) is 6.61 Å². The van der Waals surface area contributed by atoms with E-state index in [0.717, 1.165) is 29.1 Å². The van der Waals surface area contributed by atoms with E-state index >= 15 is 0 Å². The highest BCUT2D eigenvalue weighted by Crippen LogP contribution is 2.21. The Balaban J connectivity index is 1.97. The molecule has 1 aromatic heterocycles. The first-order chi connectivity index (χ1) is 10.1. The molecule has 0 aliphatic rings. The number of halogens is 1. The van der Waals surface area contributed by atoms with Crippen LogP contribution in [0.15, 0.2) is 23.6 Å². The lowest BCUT2D eigenvalue weighted by Gasteiger charge is -2.10. The van der Waals surface area contributed by atoms with Gasteiger partial charge < -0.3 is 10.5 Å². The van der Waals surface area contributed by atoms with Crippen molar-refractivity contribution in [3.05, 3.63) is 45.7 Å². The number of hydrogen-bond donors (Lipinski definition) is 1. The molecule has 1 atom stereocenters. The maximum atomic E-state index is 14.0. The molecule has 1 unspecified atom stereocenters. The molecule has 2 rings (SSSR count). The molecule has 0 bridgehead atoms. The molecule has 0 saturated carbocycles. The SMILES string of the molecule is CCc1nc(COc2ccc(CC(N)CC)cc2F)cs1. The molecule has 1 heterocycles. The van der Waals surface area contributed by atoms with E-state index in [1.807, 2.05) is 18.4 Å². The Bertz CT molecular complexity index is 585. The van der Waals surface area contributed by atoms with E-state index in [-0.39, 0.29) is 17.6 Å². The first kappa shape index (κ1) is 15.9. The van der Waals surface area contributed by atoms with Crippen molar-refractivity contribution < 1.29 is 9.13 Å². The topological polar surface area (TPSA) is 48.1 Å². The van der Waals surface area contributed by atoms with Crippen LogP contribution >= 0.6 is 11.3 Å². The van der Waals surface area contributed by atoms with E-state index in [1.54, 1.807) is 17.4 Å². The van der Waals surface area contributed by atoms with Gasteiger partial charge in [0.15, 0.2) is 11.6 Å². The first-order valence-corrected chi connectivity index (χ1v) is 8.10. The second-order valence-electron chi connectivity index (χ2n) is 5.01. The quantitative estimate of drug-likeness (QED) is 0.848. The monoisotopic (exact) mass is 308 g/mol. The van der Waals surface area contributed by atoms with Crippen LogP contribution in [0.5, 0.6) is 5.75 Å². The van der Waals surface area contributed by atoms with Gasteiger partial charge in [0.05, 0.1) is 10.7 Å². The molecule has 21 heavy (non-hydrogen) atoms. The molecule has 2 N–H and O–H groups in total. The van der Waals surface area contributed by atoms with Crippen molar-refractivity contribution in [2.75, 3.05) is 0 Å². The van der Waals surface area contributed by atoms with Crippen molar-refractivity contribution in [2.45, 2.75) is 45.8 Å². The Labute approximate surface area is 129 Å². The van der Waals surface area contributed by atoms with Crippen molar-refractivity contribution in [1.29, 1.82) is 0 Å². The molecular formula is C16H21FN2OS. The average Bonchev–Trinajstić information content (AvgIpc) is 2.94. The van der Waals surface area contributed by atoms with Crippen LogP contribution in [0.2, 0.25) is 0 Å². The van der Waals surface area contributed by atoms with E-state index in [2.05, 4.69) is 11.9 Å². The normalized spacial score (nSPS) is 12.4. The summed E-state index contributed by atoms with van der Waals surface area (Å²) in [5.74, 6) is -0.0865. The fourth-order valence-corrected chi connectivity index (χ4v) is 2.69. The van der Waals surface area contributed by atoms with E-state index < -0.39 is 0 Å². The smallest absolute Gasteiger partial charge is 0.165 e. The van der Waals surface area contributed by atoms with Gasteiger partial charge in [-0.25, -0.2) is 9.37 Å². The number of nitrogens with zero attached hydrogens (tertiary/aromatic N) is 1. The van der Waals surface area contributed by atoms with Crippen molar-refractivity contribution in [1.82, 2.24) is 4.98 Å². The van der Waals surface area contributed by atoms with Gasteiger partial charge in [0, 0.05) is 11.4 Å². The lowest BCUT2D eigenvalue weighted by molar-refractivity contribution is 0.286. The zero-order valence-corrected chi connectivity index (χ0v) is 13.3. The minimum Gasteiger partial charge on any atom is -0.484 e. The summed E-state index contributed by atoms with van der Waals surface area (Å²) in [5.41, 5.74) is 7.62. The predicted molar refractivity (Wildman–Crippen MR) is 84.2 cm³/mol. The Morgan fingerprint density at radius 2 is 2.19 bits per heavy atom. The molecular weight excluding hydrogens is 287 g/mol. The molecule has 0 saturated heterocycles. The summed E-state index contributed by atoms with van der Waals surface area (Å²) in [6.45, 7) is 4.38. The summed E-state index contributed by atoms with van der Waals surface area (Å²) in [7, 11) is 0. The lowest BCUT2D eigenvalue weighted by Crippen LogP contribution is -2.21. The molecule has 0 spiro atoms. The number of rotatable bonds is 7. The summed E-state index contributed by atoms with van der Waals surface area (Å²) in [6, 6.07) is 5.11. The molecule has 0 amide bonds. The molecule has 0 aliphatic carbocycles. The number of aromatic nitrogens is 1. The standard InChI is InChI=1S/C16H21FN2OS/c1-3-12(18)7-11-5-6-15(14(17)8-11)20-9-13-10-21-16(4-2)19-13/h5-6,8,10,12H,3-4,7,9,18H2,1-2H3. The van der Waals surface area contributed by atoms with Crippen molar-refractivity contribution in [3.8, 4) is 5.75 Å². The van der Waals surface area contributed by atoms with E-state index in [9.17, 15) is 4.39 Å². The van der Waals surface area contributed by atoms with Crippen LogP contribution in [0.3, 0.4) is 0 Å². The maximum Gasteiger partial charge on any atom is 0.165 e. The van der Waals surface area contributed by atoms with Crippen LogP contribution in [0.25, 0.3) is 0 Å². The second-order valence-corrected chi connectivity index (χ2v) is 5.95. The van der Waals surface area contributed by atoms with Gasteiger partial charge in [-0.1, -0.05) is 19.9 Å². The average molecular weight is 308 g/mol. The van der Waals surface area contributed by atoms with E-state index in [1.165, 1.54) is 6.07 Å². The van der Waals surface area contributed by atoms with Gasteiger partial charge >= 0.3 is 0 Å². The molecule has 1 aromatic carbocycles. The third kappa shape index (κ3) is 4.51. The van der Waals surface area contributed by atoms with Gasteiger partial charge in [-0.2, -0.15) is 0 Å². The van der Waals surface area contributed by atoms with Gasteiger partial charge in [0.25, 0.3) is 0 Å². The largest absolute Gasteiger partial charge is 0.484 e. The van der Waals surface area contributed by atoms with Gasteiger partial charge in [-0.3, -0.25) is 0 Å². The van der Waals surface area contributed by atoms with Crippen molar-refractivity contribution in [3.63, 3.8) is 0 Å². The first-order valence-electron chi connectivity index (χ1n) is 7.22. The molecule has 114 valence electrons. The minimum absolute atomic E-state index is 0.0682. The molecule has 2 aromatic rings. The van der Waals surface area contributed by atoms with E-state index in [4.69, 9.17) is 10.5 Å². The summed E-state index contributed by atoms with van der Waals surface area (Å²) >= 11 is 1.60. The number of ether oxygens (including phenoxy) is 1. The number of aryl methyl sites for hydroxylation is 1. The summed E-state index contributed by atoms with van der Waals surface area (Å²) in [6.07, 6.45) is 2.47. The fraction of sp³-hybridized carbons (Fsp3) is 0.438. The highest BCUT2D eigenvalue weighted by atomic mass is 32.1. The number of benzene rings is 1. The van der Waals surface area contributed by atoms with Gasteiger partial charge in [0.2, 0.25) is 0 Å². The van der Waals surface area contributed by atoms with Crippen LogP contribution in [0.1, 0.15) is 36.5 Å². The third-order valence-corrected chi connectivity index (χ3v) is 4.34. The Kier molecular flexibility index (Phi) is 5.70. The minimum atomic E-state index is -0.346. The van der Waals surface area contributed by atoms with Crippen molar-refractivity contribution in [2.24, 2.45) is 5.73 Å². The highest BCUT2D eigenvalue weighted by molar-refractivity contribution is 7.09.